The molecule has 0 radical (unpaired) electrons. The van der Waals surface area contributed by atoms with Crippen LogP contribution in [0.15, 0.2) is 47.3 Å². The van der Waals surface area contributed by atoms with Gasteiger partial charge >= 0.3 is 0 Å². The highest BCUT2D eigenvalue weighted by Crippen LogP contribution is 2.12. The van der Waals surface area contributed by atoms with E-state index in [1.807, 2.05) is 12.1 Å². The second kappa shape index (κ2) is 6.84. The number of benzene rings is 2. The summed E-state index contributed by atoms with van der Waals surface area (Å²) in [6.07, 6.45) is 0. The molecule has 6 heteroatoms. The topological polar surface area (TPSA) is 64.0 Å². The van der Waals surface area contributed by atoms with Crippen LogP contribution in [0.25, 0.3) is 10.8 Å². The fourth-order valence-electron chi connectivity index (χ4n) is 2.65. The number of hydrogen-bond acceptors (Lipinski definition) is 3. The maximum Gasteiger partial charge on any atom is 0.275 e. The van der Waals surface area contributed by atoms with Crippen LogP contribution in [0.1, 0.15) is 16.8 Å². The van der Waals surface area contributed by atoms with Gasteiger partial charge in [-0.15, -0.1) is 0 Å². The SMILES string of the molecule is Cc1ccc(CNC(=O)Cn2nc(C)c3ccccc3c2=O)cc1F. The van der Waals surface area contributed by atoms with Crippen LogP contribution in [0.5, 0.6) is 0 Å². The van der Waals surface area contributed by atoms with E-state index >= 15 is 0 Å². The zero-order chi connectivity index (χ0) is 18.0. The molecule has 3 rings (SSSR count). The molecular weight excluding hydrogens is 321 g/mol. The lowest BCUT2D eigenvalue weighted by Gasteiger charge is -2.10. The summed E-state index contributed by atoms with van der Waals surface area (Å²) in [4.78, 5) is 24.6. The zero-order valence-electron chi connectivity index (χ0n) is 14.0. The lowest BCUT2D eigenvalue weighted by atomic mass is 10.1. The van der Waals surface area contributed by atoms with E-state index in [-0.39, 0.29) is 30.4 Å². The largest absolute Gasteiger partial charge is 0.350 e. The number of hydrogen-bond donors (Lipinski definition) is 1. The van der Waals surface area contributed by atoms with Crippen LogP contribution >= 0.6 is 0 Å². The monoisotopic (exact) mass is 339 g/mol. The lowest BCUT2D eigenvalue weighted by Crippen LogP contribution is -2.33. The summed E-state index contributed by atoms with van der Waals surface area (Å²) in [6, 6.07) is 12.0. The van der Waals surface area contributed by atoms with Crippen LogP contribution in [0.4, 0.5) is 4.39 Å². The first-order valence-corrected chi connectivity index (χ1v) is 7.94. The summed E-state index contributed by atoms with van der Waals surface area (Å²) < 4.78 is 14.7. The molecule has 0 aliphatic carbocycles. The number of rotatable bonds is 4. The van der Waals surface area contributed by atoms with Gasteiger partial charge in [-0.05, 0) is 37.1 Å². The molecule has 0 saturated carbocycles. The van der Waals surface area contributed by atoms with E-state index in [0.717, 1.165) is 10.1 Å². The summed E-state index contributed by atoms with van der Waals surface area (Å²) >= 11 is 0. The van der Waals surface area contributed by atoms with Gasteiger partial charge in [-0.25, -0.2) is 9.07 Å². The minimum absolute atomic E-state index is 0.182. The second-order valence-corrected chi connectivity index (χ2v) is 5.95. The Labute approximate surface area is 144 Å². The molecule has 1 heterocycles. The molecule has 0 atom stereocenters. The van der Waals surface area contributed by atoms with Crippen molar-refractivity contribution >= 4 is 16.7 Å². The van der Waals surface area contributed by atoms with E-state index < -0.39 is 0 Å². The van der Waals surface area contributed by atoms with E-state index in [4.69, 9.17) is 0 Å². The van der Waals surface area contributed by atoms with E-state index in [1.165, 1.54) is 6.07 Å². The average molecular weight is 339 g/mol. The summed E-state index contributed by atoms with van der Waals surface area (Å²) in [5.74, 6) is -0.667. The molecule has 1 amide bonds. The van der Waals surface area contributed by atoms with Crippen LogP contribution in [0, 0.1) is 19.7 Å². The van der Waals surface area contributed by atoms with Crippen LogP contribution in [-0.2, 0) is 17.9 Å². The first-order valence-electron chi connectivity index (χ1n) is 7.94. The molecule has 2 aromatic carbocycles. The van der Waals surface area contributed by atoms with Crippen molar-refractivity contribution in [1.29, 1.82) is 0 Å². The Bertz CT molecular complexity index is 1010. The maximum atomic E-state index is 13.5. The van der Waals surface area contributed by atoms with Gasteiger partial charge in [0.25, 0.3) is 5.56 Å². The molecule has 5 nitrogen and oxygen atoms in total. The van der Waals surface area contributed by atoms with Crippen molar-refractivity contribution in [3.63, 3.8) is 0 Å². The number of aryl methyl sites for hydroxylation is 2. The minimum atomic E-state index is -0.356. The summed E-state index contributed by atoms with van der Waals surface area (Å²) in [7, 11) is 0. The third-order valence-electron chi connectivity index (χ3n) is 4.07. The summed E-state index contributed by atoms with van der Waals surface area (Å²) in [5.41, 5.74) is 1.59. The molecule has 0 bridgehead atoms. The number of halogens is 1. The Morgan fingerprint density at radius 3 is 2.60 bits per heavy atom. The third-order valence-corrected chi connectivity index (χ3v) is 4.07. The molecule has 0 aliphatic rings. The number of carbonyl (C=O) groups excluding carboxylic acids is 1. The van der Waals surface area contributed by atoms with Crippen molar-refractivity contribution in [2.45, 2.75) is 26.9 Å². The fraction of sp³-hybridized carbons (Fsp3) is 0.211. The summed E-state index contributed by atoms with van der Waals surface area (Å²) in [6.45, 7) is 3.49. The molecule has 1 aromatic heterocycles. The number of amides is 1. The Kier molecular flexibility index (Phi) is 4.61. The normalized spacial score (nSPS) is 10.8. The van der Waals surface area contributed by atoms with Crippen LogP contribution in [0.2, 0.25) is 0 Å². The van der Waals surface area contributed by atoms with Crippen molar-refractivity contribution in [2.24, 2.45) is 0 Å². The highest BCUT2D eigenvalue weighted by molar-refractivity contribution is 5.83. The molecule has 3 aromatic rings. The van der Waals surface area contributed by atoms with Gasteiger partial charge in [0.15, 0.2) is 0 Å². The Hall–Kier alpha value is -3.02. The van der Waals surface area contributed by atoms with Crippen LogP contribution < -0.4 is 10.9 Å². The van der Waals surface area contributed by atoms with E-state index in [0.29, 0.717) is 22.2 Å². The highest BCUT2D eigenvalue weighted by Gasteiger charge is 2.11. The first kappa shape index (κ1) is 16.8. The van der Waals surface area contributed by atoms with Crippen LogP contribution in [-0.4, -0.2) is 15.7 Å². The number of carbonyl (C=O) groups is 1. The quantitative estimate of drug-likeness (QED) is 0.794. The van der Waals surface area contributed by atoms with Gasteiger partial charge in [0.1, 0.15) is 12.4 Å². The van der Waals surface area contributed by atoms with Gasteiger partial charge in [0.2, 0.25) is 5.91 Å². The zero-order valence-corrected chi connectivity index (χ0v) is 14.0. The van der Waals surface area contributed by atoms with Crippen molar-refractivity contribution < 1.29 is 9.18 Å². The maximum absolute atomic E-state index is 13.5. The molecule has 0 fully saturated rings. The molecule has 0 spiro atoms. The number of fused-ring (bicyclic) bond motifs is 1. The first-order chi connectivity index (χ1) is 12.0. The Balaban J connectivity index is 1.75. The van der Waals surface area contributed by atoms with Gasteiger partial charge in [-0.1, -0.05) is 30.3 Å². The molecule has 0 aliphatic heterocycles. The van der Waals surface area contributed by atoms with Gasteiger partial charge < -0.3 is 5.32 Å². The van der Waals surface area contributed by atoms with Gasteiger partial charge in [0, 0.05) is 11.9 Å². The minimum Gasteiger partial charge on any atom is -0.350 e. The number of aromatic nitrogens is 2. The molecule has 25 heavy (non-hydrogen) atoms. The predicted molar refractivity (Wildman–Crippen MR) is 93.7 cm³/mol. The molecule has 128 valence electrons. The lowest BCUT2D eigenvalue weighted by molar-refractivity contribution is -0.122. The van der Waals surface area contributed by atoms with Crippen molar-refractivity contribution in [2.75, 3.05) is 0 Å². The second-order valence-electron chi connectivity index (χ2n) is 5.95. The Morgan fingerprint density at radius 1 is 1.16 bits per heavy atom. The molecule has 1 N–H and O–H groups in total. The van der Waals surface area contributed by atoms with E-state index in [2.05, 4.69) is 10.4 Å². The number of nitrogens with one attached hydrogen (secondary N) is 1. The third kappa shape index (κ3) is 3.57. The standard InChI is InChI=1S/C19H18FN3O2/c1-12-7-8-14(9-17(12)20)10-21-18(24)11-23-19(25)16-6-4-3-5-15(16)13(2)22-23/h3-9H,10-11H2,1-2H3,(H,21,24). The predicted octanol–water partition coefficient (Wildman–Crippen LogP) is 2.47. The highest BCUT2D eigenvalue weighted by atomic mass is 19.1. The fourth-order valence-corrected chi connectivity index (χ4v) is 2.65. The van der Waals surface area contributed by atoms with Crippen molar-refractivity contribution in [3.8, 4) is 0 Å². The molecule has 0 saturated heterocycles. The molecular formula is C19H18FN3O2. The smallest absolute Gasteiger partial charge is 0.275 e. The van der Waals surface area contributed by atoms with Gasteiger partial charge in [-0.3, -0.25) is 9.59 Å². The molecule has 0 unspecified atom stereocenters. The van der Waals surface area contributed by atoms with E-state index in [9.17, 15) is 14.0 Å². The van der Waals surface area contributed by atoms with E-state index in [1.54, 1.807) is 38.1 Å². The van der Waals surface area contributed by atoms with Gasteiger partial charge in [0.05, 0.1) is 11.1 Å². The Morgan fingerprint density at radius 2 is 1.88 bits per heavy atom. The average Bonchev–Trinajstić information content (AvgIpc) is 2.60. The van der Waals surface area contributed by atoms with Crippen LogP contribution in [0.3, 0.4) is 0 Å². The van der Waals surface area contributed by atoms with Crippen molar-refractivity contribution in [1.82, 2.24) is 15.1 Å². The number of nitrogens with zero attached hydrogens (tertiary/aromatic N) is 2. The van der Waals surface area contributed by atoms with Gasteiger partial charge in [-0.2, -0.15) is 5.10 Å². The van der Waals surface area contributed by atoms with Crippen molar-refractivity contribution in [3.05, 3.63) is 75.5 Å². The summed E-state index contributed by atoms with van der Waals surface area (Å²) in [5, 5.41) is 8.20.